The summed E-state index contributed by atoms with van der Waals surface area (Å²) in [7, 11) is 0. The molecule has 7 aromatic carbocycles. The number of aromatic nitrogens is 4. The third-order valence-electron chi connectivity index (χ3n) is 10.7. The molecule has 4 nitrogen and oxygen atoms in total. The molecule has 2 heterocycles. The largest absolute Gasteiger partial charge is 0.264 e. The fourth-order valence-electron chi connectivity index (χ4n) is 8.17. The first-order valence-electron chi connectivity index (χ1n) is 18.5. The molecule has 55 heavy (non-hydrogen) atoms. The van der Waals surface area contributed by atoms with Crippen LogP contribution in [0.4, 0.5) is 0 Å². The van der Waals surface area contributed by atoms with E-state index in [9.17, 15) is 0 Å². The van der Waals surface area contributed by atoms with Crippen LogP contribution in [0.5, 0.6) is 0 Å². The lowest BCUT2D eigenvalue weighted by Crippen LogP contribution is -2.28. The standard InChI is InChI=1S/C51H34N4/c1-4-14-35(15-5-1)36-25-27-37(28-26-36)48-53-49(55-50(54-48)41-18-13-31-52-34-41)40-17-12-16-38(32-40)39-29-30-47-45(33-39)44-23-10-11-24-46(44)51(47,42-19-6-2-7-20-42)43-21-8-3-9-22-43/h1-34H. The zero-order valence-electron chi connectivity index (χ0n) is 29.9. The highest BCUT2D eigenvalue weighted by Gasteiger charge is 2.45. The van der Waals surface area contributed by atoms with Gasteiger partial charge in [0.2, 0.25) is 0 Å². The van der Waals surface area contributed by atoms with Crippen molar-refractivity contribution in [3.63, 3.8) is 0 Å². The van der Waals surface area contributed by atoms with Crippen LogP contribution < -0.4 is 0 Å². The number of nitrogens with zero attached hydrogens (tertiary/aromatic N) is 4. The zero-order chi connectivity index (χ0) is 36.6. The third-order valence-corrected chi connectivity index (χ3v) is 10.7. The molecule has 0 saturated carbocycles. The second-order valence-corrected chi connectivity index (χ2v) is 13.9. The second kappa shape index (κ2) is 13.6. The molecule has 0 bridgehead atoms. The summed E-state index contributed by atoms with van der Waals surface area (Å²) < 4.78 is 0. The van der Waals surface area contributed by atoms with Gasteiger partial charge in [-0.3, -0.25) is 4.98 Å². The minimum atomic E-state index is -0.432. The number of hydrogen-bond donors (Lipinski definition) is 0. The van der Waals surface area contributed by atoms with Crippen LogP contribution in [0.25, 0.3) is 67.5 Å². The topological polar surface area (TPSA) is 51.6 Å². The summed E-state index contributed by atoms with van der Waals surface area (Å²) in [5, 5.41) is 0. The molecule has 0 N–H and O–H groups in total. The first-order valence-corrected chi connectivity index (χ1v) is 18.5. The molecule has 0 atom stereocenters. The lowest BCUT2D eigenvalue weighted by atomic mass is 9.67. The van der Waals surface area contributed by atoms with Gasteiger partial charge < -0.3 is 0 Å². The number of fused-ring (bicyclic) bond motifs is 3. The summed E-state index contributed by atoms with van der Waals surface area (Å²) in [6.07, 6.45) is 3.56. The first kappa shape index (κ1) is 32.4. The van der Waals surface area contributed by atoms with Gasteiger partial charge in [0.15, 0.2) is 17.5 Å². The van der Waals surface area contributed by atoms with Crippen molar-refractivity contribution in [2.45, 2.75) is 5.41 Å². The average Bonchev–Trinajstić information content (AvgIpc) is 3.58. The Morgan fingerprint density at radius 3 is 1.49 bits per heavy atom. The quantitative estimate of drug-likeness (QED) is 0.166. The van der Waals surface area contributed by atoms with Crippen molar-refractivity contribution in [2.24, 2.45) is 0 Å². The predicted octanol–water partition coefficient (Wildman–Crippen LogP) is 12.0. The summed E-state index contributed by atoms with van der Waals surface area (Å²) >= 11 is 0. The van der Waals surface area contributed by atoms with Crippen LogP contribution in [-0.2, 0) is 5.41 Å². The Bertz CT molecular complexity index is 2740. The Labute approximate surface area is 320 Å². The summed E-state index contributed by atoms with van der Waals surface area (Å²) in [6.45, 7) is 0. The molecule has 0 radical (unpaired) electrons. The Morgan fingerprint density at radius 1 is 0.309 bits per heavy atom. The van der Waals surface area contributed by atoms with E-state index in [0.29, 0.717) is 17.5 Å². The molecule has 0 spiro atoms. The van der Waals surface area contributed by atoms with Crippen molar-refractivity contribution in [2.75, 3.05) is 0 Å². The van der Waals surface area contributed by atoms with Crippen LogP contribution in [0.1, 0.15) is 22.3 Å². The van der Waals surface area contributed by atoms with E-state index in [0.717, 1.165) is 33.4 Å². The Morgan fingerprint density at radius 2 is 0.800 bits per heavy atom. The van der Waals surface area contributed by atoms with E-state index in [1.54, 1.807) is 12.4 Å². The highest BCUT2D eigenvalue weighted by molar-refractivity contribution is 5.89. The monoisotopic (exact) mass is 702 g/mol. The molecule has 4 heteroatoms. The Kier molecular flexibility index (Phi) is 8.00. The van der Waals surface area contributed by atoms with Crippen LogP contribution in [0.2, 0.25) is 0 Å². The van der Waals surface area contributed by atoms with Crippen molar-refractivity contribution in [3.05, 3.63) is 229 Å². The van der Waals surface area contributed by atoms with E-state index in [1.165, 1.54) is 38.9 Å². The number of benzene rings is 7. The van der Waals surface area contributed by atoms with Gasteiger partial charge in [0, 0.05) is 29.1 Å². The van der Waals surface area contributed by atoms with E-state index < -0.39 is 5.41 Å². The molecular formula is C51H34N4. The van der Waals surface area contributed by atoms with Gasteiger partial charge in [-0.25, -0.2) is 15.0 Å². The van der Waals surface area contributed by atoms with Gasteiger partial charge in [0.1, 0.15) is 0 Å². The summed E-state index contributed by atoms with van der Waals surface area (Å²) in [4.78, 5) is 19.4. The van der Waals surface area contributed by atoms with Gasteiger partial charge in [-0.1, -0.05) is 170 Å². The first-order chi connectivity index (χ1) is 27.3. The van der Waals surface area contributed by atoms with Gasteiger partial charge in [0.25, 0.3) is 0 Å². The molecule has 10 rings (SSSR count). The Balaban J connectivity index is 1.09. The normalized spacial score (nSPS) is 12.5. The van der Waals surface area contributed by atoms with Gasteiger partial charge in [-0.2, -0.15) is 0 Å². The molecule has 2 aromatic heterocycles. The number of pyridine rings is 1. The molecule has 0 unspecified atom stereocenters. The molecule has 1 aliphatic carbocycles. The third kappa shape index (κ3) is 5.63. The van der Waals surface area contributed by atoms with E-state index >= 15 is 0 Å². The van der Waals surface area contributed by atoms with Gasteiger partial charge in [-0.15, -0.1) is 0 Å². The fraction of sp³-hybridized carbons (Fsp3) is 0.0196. The van der Waals surface area contributed by atoms with Crippen LogP contribution in [-0.4, -0.2) is 19.9 Å². The lowest BCUT2D eigenvalue weighted by molar-refractivity contribution is 0.768. The van der Waals surface area contributed by atoms with Crippen LogP contribution in [0.3, 0.4) is 0 Å². The Hall–Kier alpha value is -7.30. The SMILES string of the molecule is c1ccc(-c2ccc(-c3nc(-c4cccnc4)nc(-c4cccc(-c5ccc6c(c5)-c5ccccc5C6(c5ccccc5)c5ccccc5)c4)n3)cc2)cc1. The molecule has 0 aliphatic heterocycles. The maximum absolute atomic E-state index is 5.07. The minimum Gasteiger partial charge on any atom is -0.264 e. The number of rotatable bonds is 7. The molecule has 0 amide bonds. The van der Waals surface area contributed by atoms with Gasteiger partial charge in [-0.05, 0) is 79.9 Å². The van der Waals surface area contributed by atoms with E-state index in [2.05, 4.69) is 181 Å². The fourth-order valence-corrected chi connectivity index (χ4v) is 8.17. The molecule has 1 aliphatic rings. The van der Waals surface area contributed by atoms with Crippen molar-refractivity contribution < 1.29 is 0 Å². The summed E-state index contributed by atoms with van der Waals surface area (Å²) in [5.41, 5.74) is 14.4. The zero-order valence-corrected chi connectivity index (χ0v) is 29.9. The smallest absolute Gasteiger partial charge is 0.165 e. The van der Waals surface area contributed by atoms with Crippen molar-refractivity contribution >= 4 is 0 Å². The molecule has 258 valence electrons. The van der Waals surface area contributed by atoms with Gasteiger partial charge >= 0.3 is 0 Å². The lowest BCUT2D eigenvalue weighted by Gasteiger charge is -2.33. The molecule has 0 saturated heterocycles. The highest BCUT2D eigenvalue weighted by atomic mass is 15.0. The van der Waals surface area contributed by atoms with Crippen LogP contribution >= 0.6 is 0 Å². The maximum Gasteiger partial charge on any atom is 0.165 e. The predicted molar refractivity (Wildman–Crippen MR) is 222 cm³/mol. The maximum atomic E-state index is 5.07. The highest BCUT2D eigenvalue weighted by Crippen LogP contribution is 2.56. The molecular weight excluding hydrogens is 669 g/mol. The molecule has 9 aromatic rings. The minimum absolute atomic E-state index is 0.432. The van der Waals surface area contributed by atoms with E-state index in [1.807, 2.05) is 18.2 Å². The van der Waals surface area contributed by atoms with Crippen molar-refractivity contribution in [1.29, 1.82) is 0 Å². The van der Waals surface area contributed by atoms with E-state index in [-0.39, 0.29) is 0 Å². The number of hydrogen-bond acceptors (Lipinski definition) is 4. The van der Waals surface area contributed by atoms with Gasteiger partial charge in [0.05, 0.1) is 5.41 Å². The van der Waals surface area contributed by atoms with Crippen LogP contribution in [0.15, 0.2) is 207 Å². The van der Waals surface area contributed by atoms with E-state index in [4.69, 9.17) is 15.0 Å². The second-order valence-electron chi connectivity index (χ2n) is 13.9. The van der Waals surface area contributed by atoms with Crippen molar-refractivity contribution in [3.8, 4) is 67.5 Å². The average molecular weight is 703 g/mol. The summed E-state index contributed by atoms with van der Waals surface area (Å²) in [6, 6.07) is 68.8. The molecule has 0 fully saturated rings. The summed E-state index contributed by atoms with van der Waals surface area (Å²) in [5.74, 6) is 1.80. The van der Waals surface area contributed by atoms with Crippen LogP contribution in [0, 0.1) is 0 Å². The van der Waals surface area contributed by atoms with Crippen molar-refractivity contribution in [1.82, 2.24) is 19.9 Å².